The fourth-order valence-corrected chi connectivity index (χ4v) is 1.97. The van der Waals surface area contributed by atoms with Crippen molar-refractivity contribution in [1.82, 2.24) is 14.8 Å². The van der Waals surface area contributed by atoms with Gasteiger partial charge in [0.15, 0.2) is 0 Å². The highest BCUT2D eigenvalue weighted by atomic mass is 15.3. The van der Waals surface area contributed by atoms with E-state index in [1.54, 1.807) is 12.4 Å². The van der Waals surface area contributed by atoms with E-state index in [4.69, 9.17) is 5.73 Å². The molecule has 0 bridgehead atoms. The van der Waals surface area contributed by atoms with Crippen molar-refractivity contribution in [2.24, 2.45) is 5.73 Å². The molecule has 2 rings (SSSR count). The van der Waals surface area contributed by atoms with Gasteiger partial charge in [-0.15, -0.1) is 0 Å². The molecule has 0 fully saturated rings. The van der Waals surface area contributed by atoms with Crippen LogP contribution in [0.3, 0.4) is 0 Å². The number of nitrogens with zero attached hydrogens (tertiary/aromatic N) is 3. The van der Waals surface area contributed by atoms with E-state index in [2.05, 4.69) is 17.0 Å². The van der Waals surface area contributed by atoms with Crippen LogP contribution in [0.4, 0.5) is 0 Å². The average molecular weight is 216 g/mol. The van der Waals surface area contributed by atoms with Crippen LogP contribution < -0.4 is 5.73 Å². The molecule has 16 heavy (non-hydrogen) atoms. The first-order valence-corrected chi connectivity index (χ1v) is 5.38. The predicted octanol–water partition coefficient (Wildman–Crippen LogP) is 1.52. The van der Waals surface area contributed by atoms with Gasteiger partial charge in [0.2, 0.25) is 0 Å². The summed E-state index contributed by atoms with van der Waals surface area (Å²) in [4.78, 5) is 4.03. The highest BCUT2D eigenvalue weighted by Crippen LogP contribution is 2.25. The number of hydrogen-bond donors (Lipinski definition) is 1. The second kappa shape index (κ2) is 4.45. The molecule has 4 nitrogen and oxygen atoms in total. The average Bonchev–Trinajstić information content (AvgIpc) is 2.56. The third-order valence-electron chi connectivity index (χ3n) is 2.69. The maximum absolute atomic E-state index is 5.56. The molecule has 0 saturated carbocycles. The summed E-state index contributed by atoms with van der Waals surface area (Å²) in [5, 5.41) is 4.49. The summed E-state index contributed by atoms with van der Waals surface area (Å²) in [5.41, 5.74) is 10.1. The van der Waals surface area contributed by atoms with Gasteiger partial charge in [0, 0.05) is 30.2 Å². The summed E-state index contributed by atoms with van der Waals surface area (Å²) < 4.78 is 1.96. The minimum Gasteiger partial charge on any atom is -0.329 e. The van der Waals surface area contributed by atoms with Crippen LogP contribution in [0.1, 0.15) is 11.4 Å². The van der Waals surface area contributed by atoms with Crippen LogP contribution in [0.15, 0.2) is 24.5 Å². The van der Waals surface area contributed by atoms with Gasteiger partial charge in [-0.25, -0.2) is 0 Å². The molecular weight excluding hydrogens is 200 g/mol. The van der Waals surface area contributed by atoms with E-state index in [0.717, 1.165) is 23.5 Å². The summed E-state index contributed by atoms with van der Waals surface area (Å²) in [6.07, 6.45) is 3.60. The molecule has 0 aliphatic rings. The third kappa shape index (κ3) is 1.84. The number of hydrogen-bond acceptors (Lipinski definition) is 3. The van der Waals surface area contributed by atoms with Crippen LogP contribution in [0.25, 0.3) is 11.1 Å². The molecule has 0 aliphatic carbocycles. The zero-order chi connectivity index (χ0) is 11.5. The SMILES string of the molecule is Cc1nn(CCN)c(C)c1-c1ccncc1. The second-order valence-electron chi connectivity index (χ2n) is 3.79. The molecule has 0 radical (unpaired) electrons. The molecular formula is C12H16N4. The standard InChI is InChI=1S/C12H16N4/c1-9-12(11-3-6-14-7-4-11)10(2)16(15-9)8-5-13/h3-4,6-7H,5,8,13H2,1-2H3. The van der Waals surface area contributed by atoms with Crippen LogP contribution >= 0.6 is 0 Å². The monoisotopic (exact) mass is 216 g/mol. The largest absolute Gasteiger partial charge is 0.329 e. The molecule has 4 heteroatoms. The quantitative estimate of drug-likeness (QED) is 0.846. The van der Waals surface area contributed by atoms with Crippen molar-refractivity contribution in [3.05, 3.63) is 35.9 Å². The summed E-state index contributed by atoms with van der Waals surface area (Å²) in [6, 6.07) is 4.01. The maximum Gasteiger partial charge on any atom is 0.0674 e. The fourth-order valence-electron chi connectivity index (χ4n) is 1.97. The molecule has 0 saturated heterocycles. The lowest BCUT2D eigenvalue weighted by Gasteiger charge is -2.03. The van der Waals surface area contributed by atoms with Gasteiger partial charge in [-0.05, 0) is 31.5 Å². The van der Waals surface area contributed by atoms with Crippen LogP contribution in [-0.4, -0.2) is 21.3 Å². The molecule has 0 spiro atoms. The normalized spacial score (nSPS) is 10.7. The van der Waals surface area contributed by atoms with Crippen molar-refractivity contribution in [2.45, 2.75) is 20.4 Å². The van der Waals surface area contributed by atoms with Gasteiger partial charge < -0.3 is 5.73 Å². The van der Waals surface area contributed by atoms with E-state index in [-0.39, 0.29) is 0 Å². The van der Waals surface area contributed by atoms with Crippen molar-refractivity contribution in [3.8, 4) is 11.1 Å². The molecule has 0 aromatic carbocycles. The maximum atomic E-state index is 5.56. The molecule has 2 aromatic heterocycles. The van der Waals surface area contributed by atoms with E-state index >= 15 is 0 Å². The minimum atomic E-state index is 0.609. The van der Waals surface area contributed by atoms with E-state index in [1.165, 1.54) is 5.56 Å². The second-order valence-corrected chi connectivity index (χ2v) is 3.79. The van der Waals surface area contributed by atoms with E-state index in [9.17, 15) is 0 Å². The Morgan fingerprint density at radius 3 is 2.56 bits per heavy atom. The fraction of sp³-hybridized carbons (Fsp3) is 0.333. The summed E-state index contributed by atoms with van der Waals surface area (Å²) in [7, 11) is 0. The van der Waals surface area contributed by atoms with Crippen LogP contribution in [-0.2, 0) is 6.54 Å². The number of nitrogens with two attached hydrogens (primary N) is 1. The van der Waals surface area contributed by atoms with E-state index in [1.807, 2.05) is 23.7 Å². The molecule has 0 amide bonds. The van der Waals surface area contributed by atoms with E-state index in [0.29, 0.717) is 6.54 Å². The van der Waals surface area contributed by atoms with Crippen LogP contribution in [0.2, 0.25) is 0 Å². The van der Waals surface area contributed by atoms with Crippen molar-refractivity contribution in [3.63, 3.8) is 0 Å². The lowest BCUT2D eigenvalue weighted by atomic mass is 10.1. The molecule has 2 aromatic rings. The first-order valence-electron chi connectivity index (χ1n) is 5.38. The van der Waals surface area contributed by atoms with Crippen LogP contribution in [0, 0.1) is 13.8 Å². The van der Waals surface area contributed by atoms with Gasteiger partial charge in [0.25, 0.3) is 0 Å². The van der Waals surface area contributed by atoms with Crippen molar-refractivity contribution in [1.29, 1.82) is 0 Å². The molecule has 0 aliphatic heterocycles. The first-order chi connectivity index (χ1) is 7.74. The zero-order valence-electron chi connectivity index (χ0n) is 9.64. The molecule has 0 unspecified atom stereocenters. The van der Waals surface area contributed by atoms with Crippen molar-refractivity contribution < 1.29 is 0 Å². The van der Waals surface area contributed by atoms with Crippen molar-refractivity contribution >= 4 is 0 Å². The number of pyridine rings is 1. The molecule has 2 N–H and O–H groups in total. The number of aryl methyl sites for hydroxylation is 1. The number of aromatic nitrogens is 3. The van der Waals surface area contributed by atoms with Crippen LogP contribution in [0.5, 0.6) is 0 Å². The van der Waals surface area contributed by atoms with Gasteiger partial charge in [0.05, 0.1) is 12.2 Å². The Morgan fingerprint density at radius 1 is 1.25 bits per heavy atom. The summed E-state index contributed by atoms with van der Waals surface area (Å²) in [6.45, 7) is 5.47. The number of rotatable bonds is 3. The Morgan fingerprint density at radius 2 is 1.94 bits per heavy atom. The summed E-state index contributed by atoms with van der Waals surface area (Å²) >= 11 is 0. The smallest absolute Gasteiger partial charge is 0.0674 e. The van der Waals surface area contributed by atoms with Gasteiger partial charge in [-0.3, -0.25) is 9.67 Å². The molecule has 2 heterocycles. The van der Waals surface area contributed by atoms with Gasteiger partial charge in [0.1, 0.15) is 0 Å². The molecule has 0 atom stereocenters. The molecule has 84 valence electrons. The van der Waals surface area contributed by atoms with Gasteiger partial charge >= 0.3 is 0 Å². The Labute approximate surface area is 95.1 Å². The lowest BCUT2D eigenvalue weighted by Crippen LogP contribution is -2.12. The Bertz CT molecular complexity index is 473. The Hall–Kier alpha value is -1.68. The topological polar surface area (TPSA) is 56.7 Å². The summed E-state index contributed by atoms with van der Waals surface area (Å²) in [5.74, 6) is 0. The third-order valence-corrected chi connectivity index (χ3v) is 2.69. The highest BCUT2D eigenvalue weighted by molar-refractivity contribution is 5.67. The van der Waals surface area contributed by atoms with Gasteiger partial charge in [-0.1, -0.05) is 0 Å². The van der Waals surface area contributed by atoms with Gasteiger partial charge in [-0.2, -0.15) is 5.10 Å². The Kier molecular flexibility index (Phi) is 3.01. The predicted molar refractivity (Wildman–Crippen MR) is 64.0 cm³/mol. The minimum absolute atomic E-state index is 0.609. The van der Waals surface area contributed by atoms with Crippen molar-refractivity contribution in [2.75, 3.05) is 6.54 Å². The lowest BCUT2D eigenvalue weighted by molar-refractivity contribution is 0.604. The van der Waals surface area contributed by atoms with E-state index < -0.39 is 0 Å². The Balaban J connectivity index is 2.49. The zero-order valence-corrected chi connectivity index (χ0v) is 9.64. The highest BCUT2D eigenvalue weighted by Gasteiger charge is 2.12. The first kappa shape index (κ1) is 10.8.